The number of H-pyrrole nitrogens is 2. The SMILES string of the molecule is CC(C)(C)OC(=O)N1CCCC(Nc2ccc3c(c2)Cc2cccc(-c4cc(N5CCOCC5)cc(=O)[nH]4)c2O3)CC1.O=c1cc(N2CCOCC2)cc(-c2cccc3c2Oc2ccc(NC4CCCNCC4)cc2C3)[nH]1. The molecule has 2 aromatic heterocycles. The molecule has 6 aliphatic heterocycles. The standard InChI is InChI=1S/C33H40N4O5.C28H32N4O3/c1-33(2,3)42-32(39)37-12-5-7-24(11-13-37)34-25-9-10-29-23(19-25)18-22-6-4-8-27(31(22)41-29)28-20-26(21-30(38)35-28)36-14-16-40-17-15-36;33-27-18-23(32-11-13-34-14-12-32)17-25(31-27)24-5-1-3-19-15-20-16-22(6-7-26(20)35-28(19)24)30-21-4-2-9-29-10-8-21/h4,6,8-10,19-21,24,34H,5,7,11-18H2,1-3H3,(H,35,38);1,3,5-7,16-18,21,29-30H,2,4,8-15H2,(H,31,33). The van der Waals surface area contributed by atoms with E-state index in [1.165, 1.54) is 18.4 Å². The summed E-state index contributed by atoms with van der Waals surface area (Å²) in [5.41, 5.74) is 11.1. The minimum atomic E-state index is -0.490. The maximum absolute atomic E-state index is 12.6. The van der Waals surface area contributed by atoms with Crippen molar-refractivity contribution in [2.24, 2.45) is 0 Å². The highest BCUT2D eigenvalue weighted by molar-refractivity contribution is 5.76. The number of aromatic nitrogens is 2. The molecule has 0 aliphatic carbocycles. The highest BCUT2D eigenvalue weighted by atomic mass is 16.6. The lowest BCUT2D eigenvalue weighted by Gasteiger charge is -2.29. The maximum atomic E-state index is 12.6. The van der Waals surface area contributed by atoms with Crippen LogP contribution in [0.2, 0.25) is 0 Å². The molecule has 4 aromatic carbocycles. The molecule has 4 saturated heterocycles. The van der Waals surface area contributed by atoms with Gasteiger partial charge in [-0.25, -0.2) is 4.79 Å². The van der Waals surface area contributed by atoms with E-state index in [0.29, 0.717) is 45.6 Å². The molecule has 404 valence electrons. The second kappa shape index (κ2) is 23.1. The Bertz CT molecular complexity index is 3180. The first-order chi connectivity index (χ1) is 37.4. The zero-order valence-electron chi connectivity index (χ0n) is 44.6. The molecule has 12 rings (SSSR count). The Morgan fingerprint density at radius 2 is 1.09 bits per heavy atom. The summed E-state index contributed by atoms with van der Waals surface area (Å²) < 4.78 is 29.5. The summed E-state index contributed by atoms with van der Waals surface area (Å²) in [7, 11) is 0. The Morgan fingerprint density at radius 1 is 0.571 bits per heavy atom. The third-order valence-electron chi connectivity index (χ3n) is 15.2. The second-order valence-electron chi connectivity index (χ2n) is 22.0. The summed E-state index contributed by atoms with van der Waals surface area (Å²) in [4.78, 5) is 50.0. The Hall–Kier alpha value is -7.27. The minimum absolute atomic E-state index is 0.109. The van der Waals surface area contributed by atoms with Crippen molar-refractivity contribution in [3.8, 4) is 45.5 Å². The van der Waals surface area contributed by atoms with Crippen molar-refractivity contribution in [2.45, 2.75) is 89.8 Å². The van der Waals surface area contributed by atoms with E-state index in [1.54, 1.807) is 12.1 Å². The summed E-state index contributed by atoms with van der Waals surface area (Å²) in [6.07, 6.45) is 7.61. The average molecular weight is 1050 g/mol. The average Bonchev–Trinajstić information content (AvgIpc) is 3.88. The molecule has 16 nitrogen and oxygen atoms in total. The molecule has 8 heterocycles. The molecule has 5 N–H and O–H groups in total. The molecule has 6 aromatic rings. The normalized spacial score (nSPS) is 19.2. The van der Waals surface area contributed by atoms with E-state index in [4.69, 9.17) is 23.7 Å². The molecule has 16 heteroatoms. The van der Waals surface area contributed by atoms with Crippen molar-refractivity contribution in [3.05, 3.63) is 140 Å². The van der Waals surface area contributed by atoms with Crippen LogP contribution in [0.1, 0.15) is 81.5 Å². The predicted molar refractivity (Wildman–Crippen MR) is 303 cm³/mol. The van der Waals surface area contributed by atoms with E-state index >= 15 is 0 Å². The van der Waals surface area contributed by atoms with Gasteiger partial charge in [-0.15, -0.1) is 0 Å². The Balaban J connectivity index is 0.000000166. The van der Waals surface area contributed by atoms with Crippen LogP contribution in [-0.4, -0.2) is 117 Å². The number of ether oxygens (including phenoxy) is 5. The van der Waals surface area contributed by atoms with Gasteiger partial charge in [-0.1, -0.05) is 24.3 Å². The van der Waals surface area contributed by atoms with Crippen molar-refractivity contribution < 1.29 is 28.5 Å². The number of para-hydroxylation sites is 2. The number of nitrogens with zero attached hydrogens (tertiary/aromatic N) is 3. The van der Waals surface area contributed by atoms with Gasteiger partial charge in [0.25, 0.3) is 0 Å². The summed E-state index contributed by atoms with van der Waals surface area (Å²) in [6.45, 7) is 15.0. The van der Waals surface area contributed by atoms with E-state index in [0.717, 1.165) is 163 Å². The fourth-order valence-corrected chi connectivity index (χ4v) is 11.3. The van der Waals surface area contributed by atoms with E-state index < -0.39 is 5.60 Å². The zero-order valence-corrected chi connectivity index (χ0v) is 44.6. The predicted octanol–water partition coefficient (Wildman–Crippen LogP) is 9.91. The van der Waals surface area contributed by atoms with Crippen LogP contribution in [0.15, 0.2) is 107 Å². The summed E-state index contributed by atoms with van der Waals surface area (Å²) >= 11 is 0. The monoisotopic (exact) mass is 1040 g/mol. The van der Waals surface area contributed by atoms with Crippen LogP contribution < -0.4 is 46.3 Å². The number of carbonyl (C=O) groups is 1. The number of hydrogen-bond acceptors (Lipinski definition) is 13. The van der Waals surface area contributed by atoms with Crippen LogP contribution >= 0.6 is 0 Å². The van der Waals surface area contributed by atoms with Crippen LogP contribution in [0.5, 0.6) is 23.0 Å². The van der Waals surface area contributed by atoms with E-state index in [9.17, 15) is 14.4 Å². The number of anilines is 4. The summed E-state index contributed by atoms with van der Waals surface area (Å²) in [6, 6.07) is 33.1. The molecule has 0 saturated carbocycles. The minimum Gasteiger partial charge on any atom is -0.456 e. The number of amides is 1. The maximum Gasteiger partial charge on any atom is 0.410 e. The topological polar surface area (TPSA) is 175 Å². The fourth-order valence-electron chi connectivity index (χ4n) is 11.3. The molecule has 0 radical (unpaired) electrons. The van der Waals surface area contributed by atoms with E-state index in [1.807, 2.05) is 62.1 Å². The highest BCUT2D eigenvalue weighted by Gasteiger charge is 2.28. The number of hydrogen-bond donors (Lipinski definition) is 5. The van der Waals surface area contributed by atoms with Crippen LogP contribution in [0.4, 0.5) is 27.5 Å². The van der Waals surface area contributed by atoms with Crippen molar-refractivity contribution >= 4 is 28.8 Å². The van der Waals surface area contributed by atoms with Crippen LogP contribution in [0, 0.1) is 0 Å². The van der Waals surface area contributed by atoms with Crippen molar-refractivity contribution in [1.29, 1.82) is 0 Å². The Kier molecular flexibility index (Phi) is 15.6. The third-order valence-corrected chi connectivity index (χ3v) is 15.2. The Labute approximate surface area is 450 Å². The lowest BCUT2D eigenvalue weighted by Crippen LogP contribution is -2.37. The number of morpholine rings is 2. The molecule has 4 fully saturated rings. The molecule has 0 bridgehead atoms. The highest BCUT2D eigenvalue weighted by Crippen LogP contribution is 2.45. The van der Waals surface area contributed by atoms with Crippen molar-refractivity contribution in [3.63, 3.8) is 0 Å². The number of carbonyl (C=O) groups excluding carboxylic acids is 1. The van der Waals surface area contributed by atoms with Crippen molar-refractivity contribution in [2.75, 3.05) is 99.2 Å². The van der Waals surface area contributed by atoms with Crippen LogP contribution in [-0.2, 0) is 27.1 Å². The van der Waals surface area contributed by atoms with Gasteiger partial charge in [-0.2, -0.15) is 0 Å². The molecular formula is C61H72N8O8. The molecule has 77 heavy (non-hydrogen) atoms. The number of aromatic amines is 2. The number of rotatable bonds is 8. The molecule has 6 aliphatic rings. The number of pyridine rings is 2. The smallest absolute Gasteiger partial charge is 0.410 e. The second-order valence-corrected chi connectivity index (χ2v) is 22.0. The van der Waals surface area contributed by atoms with Crippen molar-refractivity contribution in [1.82, 2.24) is 20.2 Å². The van der Waals surface area contributed by atoms with Gasteiger partial charge in [0.1, 0.15) is 28.6 Å². The Morgan fingerprint density at radius 3 is 1.62 bits per heavy atom. The van der Waals surface area contributed by atoms with Gasteiger partial charge >= 0.3 is 6.09 Å². The first-order valence-electron chi connectivity index (χ1n) is 27.7. The van der Waals surface area contributed by atoms with Crippen LogP contribution in [0.3, 0.4) is 0 Å². The van der Waals surface area contributed by atoms with Gasteiger partial charge in [0, 0.05) is 121 Å². The summed E-state index contributed by atoms with van der Waals surface area (Å²) in [5.74, 6) is 3.31. The van der Waals surface area contributed by atoms with Crippen LogP contribution in [0.25, 0.3) is 22.5 Å². The van der Waals surface area contributed by atoms with Gasteiger partial charge in [-0.05, 0) is 144 Å². The quantitative estimate of drug-likeness (QED) is 0.0974. The third kappa shape index (κ3) is 12.6. The lowest BCUT2D eigenvalue weighted by molar-refractivity contribution is 0.0256. The van der Waals surface area contributed by atoms with Gasteiger partial charge in [0.15, 0.2) is 0 Å². The summed E-state index contributed by atoms with van der Waals surface area (Å²) in [5, 5.41) is 10.9. The lowest BCUT2D eigenvalue weighted by atomic mass is 9.96. The number of nitrogens with one attached hydrogen (secondary N) is 5. The van der Waals surface area contributed by atoms with Gasteiger partial charge in [0.2, 0.25) is 11.1 Å². The molecule has 2 atom stereocenters. The fraction of sp³-hybridized carbons (Fsp3) is 0.426. The largest absolute Gasteiger partial charge is 0.456 e. The van der Waals surface area contributed by atoms with Gasteiger partial charge in [-0.3, -0.25) is 9.59 Å². The van der Waals surface area contributed by atoms with Gasteiger partial charge < -0.3 is 64.3 Å². The number of fused-ring (bicyclic) bond motifs is 4. The first kappa shape index (κ1) is 51.8. The molecule has 1 amide bonds. The van der Waals surface area contributed by atoms with E-state index in [-0.39, 0.29) is 23.3 Å². The first-order valence-corrected chi connectivity index (χ1v) is 27.7. The van der Waals surface area contributed by atoms with E-state index in [2.05, 4.69) is 84.2 Å². The molecular weight excluding hydrogens is 973 g/mol. The van der Waals surface area contributed by atoms with Gasteiger partial charge in [0.05, 0.1) is 37.8 Å². The molecule has 0 spiro atoms. The molecule has 2 unspecified atom stereocenters. The number of likely N-dealkylation sites (tertiary alicyclic amines) is 1. The zero-order chi connectivity index (χ0) is 52.9. The number of benzene rings is 4.